The number of carbonyl (C=O) groups excluding carboxylic acids is 1. The molecule has 0 aliphatic carbocycles. The molecule has 0 fully saturated rings. The van der Waals surface area contributed by atoms with E-state index in [2.05, 4.69) is 11.9 Å². The van der Waals surface area contributed by atoms with Crippen LogP contribution in [-0.2, 0) is 19.8 Å². The maximum Gasteiger partial charge on any atom is 0.416 e. The van der Waals surface area contributed by atoms with Gasteiger partial charge in [0.25, 0.3) is 0 Å². The standard InChI is InChI=1S/C17H18F3N3O/c1-3-9-23(12-15-8-5-10-22(15)2)16(24)21-14-7-4-6-13(11-14)17(18,19)20/h3-8,10-11H,1,9,12H2,2H3,(H,21,24). The van der Waals surface area contributed by atoms with E-state index in [0.29, 0.717) is 6.54 Å². The third kappa shape index (κ3) is 4.41. The van der Waals surface area contributed by atoms with Crippen molar-refractivity contribution < 1.29 is 18.0 Å². The molecule has 0 atom stereocenters. The van der Waals surface area contributed by atoms with Crippen LogP contribution >= 0.6 is 0 Å². The number of hydrogen-bond donors (Lipinski definition) is 1. The second-order valence-electron chi connectivity index (χ2n) is 5.29. The van der Waals surface area contributed by atoms with Crippen molar-refractivity contribution in [1.82, 2.24) is 9.47 Å². The predicted molar refractivity (Wildman–Crippen MR) is 86.5 cm³/mol. The van der Waals surface area contributed by atoms with Gasteiger partial charge < -0.3 is 14.8 Å². The molecule has 4 nitrogen and oxygen atoms in total. The number of alkyl halides is 3. The van der Waals surface area contributed by atoms with Gasteiger partial charge in [0.1, 0.15) is 0 Å². The normalized spacial score (nSPS) is 11.2. The van der Waals surface area contributed by atoms with E-state index in [1.54, 1.807) is 6.08 Å². The van der Waals surface area contributed by atoms with Gasteiger partial charge >= 0.3 is 12.2 Å². The van der Waals surface area contributed by atoms with Crippen molar-refractivity contribution in [2.24, 2.45) is 7.05 Å². The summed E-state index contributed by atoms with van der Waals surface area (Å²) in [4.78, 5) is 13.8. The zero-order valence-corrected chi connectivity index (χ0v) is 13.2. The number of amides is 2. The van der Waals surface area contributed by atoms with Crippen molar-refractivity contribution in [2.75, 3.05) is 11.9 Å². The summed E-state index contributed by atoms with van der Waals surface area (Å²) in [5.74, 6) is 0. The smallest absolute Gasteiger partial charge is 0.353 e. The number of anilines is 1. The molecule has 0 bridgehead atoms. The van der Waals surface area contributed by atoms with Gasteiger partial charge in [0.15, 0.2) is 0 Å². The molecule has 0 aliphatic rings. The van der Waals surface area contributed by atoms with Crippen molar-refractivity contribution in [3.8, 4) is 0 Å². The second-order valence-corrected chi connectivity index (χ2v) is 5.29. The number of aromatic nitrogens is 1. The number of nitrogens with one attached hydrogen (secondary N) is 1. The molecule has 7 heteroatoms. The largest absolute Gasteiger partial charge is 0.416 e. The van der Waals surface area contributed by atoms with Crippen molar-refractivity contribution in [2.45, 2.75) is 12.7 Å². The summed E-state index contributed by atoms with van der Waals surface area (Å²) in [6, 6.07) is 7.78. The monoisotopic (exact) mass is 337 g/mol. The SMILES string of the molecule is C=CCN(Cc1cccn1C)C(=O)Nc1cccc(C(F)(F)F)c1. The number of aryl methyl sites for hydroxylation is 1. The Hall–Kier alpha value is -2.70. The zero-order chi connectivity index (χ0) is 17.7. The first kappa shape index (κ1) is 17.7. The maximum absolute atomic E-state index is 12.7. The molecule has 24 heavy (non-hydrogen) atoms. The van der Waals surface area contributed by atoms with Crippen LogP contribution in [-0.4, -0.2) is 22.0 Å². The zero-order valence-electron chi connectivity index (χ0n) is 13.2. The van der Waals surface area contributed by atoms with Crippen LogP contribution in [0.2, 0.25) is 0 Å². The molecule has 1 N–H and O–H groups in total. The fourth-order valence-corrected chi connectivity index (χ4v) is 2.21. The van der Waals surface area contributed by atoms with Crippen LogP contribution in [0.4, 0.5) is 23.7 Å². The van der Waals surface area contributed by atoms with Gasteiger partial charge in [0, 0.05) is 31.2 Å². The third-order valence-corrected chi connectivity index (χ3v) is 3.48. The minimum atomic E-state index is -4.45. The van der Waals surface area contributed by atoms with E-state index >= 15 is 0 Å². The molecule has 0 saturated carbocycles. The van der Waals surface area contributed by atoms with Gasteiger partial charge in [-0.2, -0.15) is 13.2 Å². The van der Waals surface area contributed by atoms with E-state index in [1.165, 1.54) is 17.0 Å². The molecule has 2 amide bonds. The Morgan fingerprint density at radius 2 is 2.08 bits per heavy atom. The predicted octanol–water partition coefficient (Wildman–Crippen LogP) is 4.26. The lowest BCUT2D eigenvalue weighted by Gasteiger charge is -2.22. The lowest BCUT2D eigenvalue weighted by atomic mass is 10.2. The Morgan fingerprint density at radius 1 is 1.33 bits per heavy atom. The molecule has 0 unspecified atom stereocenters. The van der Waals surface area contributed by atoms with Gasteiger partial charge in [0.05, 0.1) is 12.1 Å². The highest BCUT2D eigenvalue weighted by atomic mass is 19.4. The lowest BCUT2D eigenvalue weighted by Crippen LogP contribution is -2.35. The van der Waals surface area contributed by atoms with E-state index in [0.717, 1.165) is 17.8 Å². The van der Waals surface area contributed by atoms with Crippen molar-refractivity contribution >= 4 is 11.7 Å². The third-order valence-electron chi connectivity index (χ3n) is 3.48. The summed E-state index contributed by atoms with van der Waals surface area (Å²) in [5, 5.41) is 2.50. The van der Waals surface area contributed by atoms with Crippen LogP contribution in [0.3, 0.4) is 0 Å². The summed E-state index contributed by atoms with van der Waals surface area (Å²) in [6.45, 7) is 4.20. The van der Waals surface area contributed by atoms with Gasteiger partial charge in [-0.15, -0.1) is 6.58 Å². The number of urea groups is 1. The Morgan fingerprint density at radius 3 is 2.67 bits per heavy atom. The molecule has 2 aromatic rings. The van der Waals surface area contributed by atoms with Gasteiger partial charge in [-0.1, -0.05) is 12.1 Å². The van der Waals surface area contributed by atoms with Crippen LogP contribution < -0.4 is 5.32 Å². The molecule has 2 rings (SSSR count). The molecule has 128 valence electrons. The molecule has 0 radical (unpaired) electrons. The minimum absolute atomic E-state index is 0.0933. The van der Waals surface area contributed by atoms with Crippen molar-refractivity contribution in [1.29, 1.82) is 0 Å². The molecule has 1 heterocycles. The summed E-state index contributed by atoms with van der Waals surface area (Å²) < 4.78 is 40.1. The van der Waals surface area contributed by atoms with E-state index in [-0.39, 0.29) is 12.2 Å². The molecule has 1 aromatic heterocycles. The Kier molecular flexibility index (Phi) is 5.33. The minimum Gasteiger partial charge on any atom is -0.353 e. The van der Waals surface area contributed by atoms with E-state index in [1.807, 2.05) is 29.9 Å². The average molecular weight is 337 g/mol. The van der Waals surface area contributed by atoms with Crippen LogP contribution in [0.5, 0.6) is 0 Å². The molecule has 0 saturated heterocycles. The quantitative estimate of drug-likeness (QED) is 0.813. The number of hydrogen-bond acceptors (Lipinski definition) is 1. The number of halogens is 3. The number of nitrogens with zero attached hydrogens (tertiary/aromatic N) is 2. The topological polar surface area (TPSA) is 37.3 Å². The highest BCUT2D eigenvalue weighted by Gasteiger charge is 2.30. The molecule has 0 aliphatic heterocycles. The van der Waals surface area contributed by atoms with E-state index < -0.39 is 17.8 Å². The number of carbonyl (C=O) groups is 1. The number of benzene rings is 1. The fraction of sp³-hybridized carbons (Fsp3) is 0.235. The highest BCUT2D eigenvalue weighted by Crippen LogP contribution is 2.30. The second kappa shape index (κ2) is 7.25. The van der Waals surface area contributed by atoms with Crippen LogP contribution in [0.15, 0.2) is 55.3 Å². The maximum atomic E-state index is 12.7. The van der Waals surface area contributed by atoms with Gasteiger partial charge in [-0.3, -0.25) is 0 Å². The first-order valence-corrected chi connectivity index (χ1v) is 7.25. The Balaban J connectivity index is 2.13. The molecular weight excluding hydrogens is 319 g/mol. The van der Waals surface area contributed by atoms with Crippen molar-refractivity contribution in [3.63, 3.8) is 0 Å². The van der Waals surface area contributed by atoms with Gasteiger partial charge in [-0.05, 0) is 30.3 Å². The molecule has 0 spiro atoms. The molecular formula is C17H18F3N3O. The molecule has 1 aromatic carbocycles. The van der Waals surface area contributed by atoms with Crippen LogP contribution in [0, 0.1) is 0 Å². The fourth-order valence-electron chi connectivity index (χ4n) is 2.21. The number of rotatable bonds is 5. The Labute approximate surface area is 138 Å². The first-order chi connectivity index (χ1) is 11.3. The van der Waals surface area contributed by atoms with Gasteiger partial charge in [-0.25, -0.2) is 4.79 Å². The summed E-state index contributed by atoms with van der Waals surface area (Å²) in [6.07, 6.45) is -1.04. The summed E-state index contributed by atoms with van der Waals surface area (Å²) in [5.41, 5.74) is 0.185. The average Bonchev–Trinajstić information content (AvgIpc) is 2.91. The van der Waals surface area contributed by atoms with Crippen LogP contribution in [0.1, 0.15) is 11.3 Å². The van der Waals surface area contributed by atoms with Gasteiger partial charge in [0.2, 0.25) is 0 Å². The summed E-state index contributed by atoms with van der Waals surface area (Å²) >= 11 is 0. The highest BCUT2D eigenvalue weighted by molar-refractivity contribution is 5.89. The van der Waals surface area contributed by atoms with E-state index in [4.69, 9.17) is 0 Å². The summed E-state index contributed by atoms with van der Waals surface area (Å²) in [7, 11) is 1.85. The van der Waals surface area contributed by atoms with Crippen molar-refractivity contribution in [3.05, 3.63) is 66.5 Å². The lowest BCUT2D eigenvalue weighted by molar-refractivity contribution is -0.137. The Bertz CT molecular complexity index is 722. The van der Waals surface area contributed by atoms with Crippen LogP contribution in [0.25, 0.3) is 0 Å². The van der Waals surface area contributed by atoms with E-state index in [9.17, 15) is 18.0 Å². The first-order valence-electron chi connectivity index (χ1n) is 7.25.